The third-order valence-corrected chi connectivity index (χ3v) is 11.8. The number of aliphatic imine (C=N–C) groups is 1. The molecule has 12 nitrogen and oxygen atoms in total. The van der Waals surface area contributed by atoms with Crippen LogP contribution in [0.2, 0.25) is 0 Å². The fourth-order valence-electron chi connectivity index (χ4n) is 8.89. The number of ether oxygens (including phenoxy) is 1. The van der Waals surface area contributed by atoms with Crippen LogP contribution in [0.4, 0.5) is 0 Å². The second kappa shape index (κ2) is 13.1. The first kappa shape index (κ1) is 32.8. The number of hydrogen-bond acceptors (Lipinski definition) is 8. The summed E-state index contributed by atoms with van der Waals surface area (Å²) < 4.78 is 10.7. The minimum Gasteiger partial charge on any atom is -0.494 e. The zero-order valence-corrected chi connectivity index (χ0v) is 29.8. The predicted molar refractivity (Wildman–Crippen MR) is 200 cm³/mol. The van der Waals surface area contributed by atoms with Crippen LogP contribution in [0, 0.1) is 17.8 Å². The summed E-state index contributed by atoms with van der Waals surface area (Å²) in [6.45, 7) is 3.61. The zero-order valence-electron chi connectivity index (χ0n) is 29.8. The van der Waals surface area contributed by atoms with Gasteiger partial charge in [-0.25, -0.2) is 9.97 Å². The molecule has 2 aliphatic heterocycles. The maximum Gasteiger partial charge on any atom is 0.254 e. The molecule has 2 aliphatic carbocycles. The van der Waals surface area contributed by atoms with E-state index in [0.717, 1.165) is 65.8 Å². The number of fused-ring (bicyclic) bond motifs is 4. The molecule has 9 rings (SSSR count). The second-order valence-electron chi connectivity index (χ2n) is 15.1. The number of nitrogens with two attached hydrogens (primary N) is 1. The van der Waals surface area contributed by atoms with Gasteiger partial charge in [-0.3, -0.25) is 19.6 Å². The number of imidazole rings is 1. The average molecular weight is 700 g/mol. The number of benzene rings is 1. The topological polar surface area (TPSA) is 137 Å². The molecule has 2 amide bonds. The van der Waals surface area contributed by atoms with Gasteiger partial charge in [-0.2, -0.15) is 0 Å². The van der Waals surface area contributed by atoms with Gasteiger partial charge in [0.1, 0.15) is 16.9 Å². The molecular formula is C40H45N9O3. The number of carbonyl (C=O) groups is 2. The summed E-state index contributed by atoms with van der Waals surface area (Å²) in [5.74, 6) is 2.78. The van der Waals surface area contributed by atoms with Gasteiger partial charge in [0.15, 0.2) is 5.82 Å². The van der Waals surface area contributed by atoms with E-state index in [-0.39, 0.29) is 23.9 Å². The summed E-state index contributed by atoms with van der Waals surface area (Å²) in [7, 11) is 3.37. The van der Waals surface area contributed by atoms with Crippen LogP contribution in [0.5, 0.6) is 5.75 Å². The van der Waals surface area contributed by atoms with Crippen molar-refractivity contribution >= 4 is 40.1 Å². The molecule has 4 fully saturated rings. The van der Waals surface area contributed by atoms with E-state index in [1.54, 1.807) is 38.7 Å². The molecule has 4 aromatic heterocycles. The number of nitrogens with zero attached hydrogens (tertiary/aromatic N) is 8. The second-order valence-corrected chi connectivity index (χ2v) is 15.1. The highest BCUT2D eigenvalue weighted by Gasteiger charge is 2.47. The standard InChI is InChI=1S/C40H45N9O3/c1-42-20-30-16-27(9-13-43-30)39(50)46-14-10-25(11-15-46)22-49-36-31(17-29(19-34(36)52-2)40(51)48-23-28-7-8-32(48)35(28)41)45-38(49)33-18-26-4-3-12-44-37(26)47(33)21-24-5-6-24/h3-4,9,12-13,16-20,24-25,28,32,35H,5-8,10-11,14-15,21-23,41H2,1-2H3/b42-20+/t28?,32?,35-/m1/s1. The van der Waals surface area contributed by atoms with E-state index in [9.17, 15) is 9.59 Å². The van der Waals surface area contributed by atoms with Crippen molar-refractivity contribution in [3.8, 4) is 17.3 Å². The van der Waals surface area contributed by atoms with Gasteiger partial charge in [-0.15, -0.1) is 0 Å². The fourth-order valence-corrected chi connectivity index (χ4v) is 8.89. The summed E-state index contributed by atoms with van der Waals surface area (Å²) in [6, 6.07) is 13.8. The molecule has 3 atom stereocenters. The number of hydrogen-bond donors (Lipinski definition) is 1. The number of pyridine rings is 2. The Kier molecular flexibility index (Phi) is 8.29. The number of aromatic nitrogens is 5. The quantitative estimate of drug-likeness (QED) is 0.213. The lowest BCUT2D eigenvalue weighted by Crippen LogP contribution is -2.41. The smallest absolute Gasteiger partial charge is 0.254 e. The Morgan fingerprint density at radius 1 is 0.923 bits per heavy atom. The molecule has 4 aliphatic rings. The molecule has 0 spiro atoms. The molecule has 2 saturated heterocycles. The van der Waals surface area contributed by atoms with E-state index in [1.807, 2.05) is 34.2 Å². The first-order valence-electron chi connectivity index (χ1n) is 18.7. The molecule has 1 aromatic carbocycles. The molecule has 268 valence electrons. The van der Waals surface area contributed by atoms with Crippen molar-refractivity contribution in [3.63, 3.8) is 0 Å². The average Bonchev–Trinajstić information content (AvgIpc) is 3.54. The van der Waals surface area contributed by atoms with E-state index in [1.165, 1.54) is 12.8 Å². The number of methoxy groups -OCH3 is 1. The molecule has 12 heteroatoms. The normalized spacial score (nSPS) is 22.0. The third kappa shape index (κ3) is 5.73. The first-order valence-corrected chi connectivity index (χ1v) is 18.7. The summed E-state index contributed by atoms with van der Waals surface area (Å²) >= 11 is 0. The van der Waals surface area contributed by atoms with Crippen LogP contribution in [0.15, 0.2) is 59.9 Å². The van der Waals surface area contributed by atoms with Crippen LogP contribution in [-0.2, 0) is 13.1 Å². The molecule has 2 unspecified atom stereocenters. The zero-order chi connectivity index (χ0) is 35.5. The Morgan fingerprint density at radius 3 is 2.46 bits per heavy atom. The van der Waals surface area contributed by atoms with E-state index in [0.29, 0.717) is 66.5 Å². The molecular weight excluding hydrogens is 654 g/mol. The Bertz CT molecular complexity index is 2210. The lowest BCUT2D eigenvalue weighted by atomic mass is 9.96. The number of carbonyl (C=O) groups excluding carboxylic acids is 2. The van der Waals surface area contributed by atoms with Crippen molar-refractivity contribution in [2.45, 2.75) is 63.7 Å². The third-order valence-electron chi connectivity index (χ3n) is 11.8. The van der Waals surface area contributed by atoms with Crippen molar-refractivity contribution < 1.29 is 14.3 Å². The van der Waals surface area contributed by atoms with E-state index >= 15 is 0 Å². The van der Waals surface area contributed by atoms with Crippen molar-refractivity contribution in [2.24, 2.45) is 28.5 Å². The van der Waals surface area contributed by atoms with Crippen LogP contribution in [0.1, 0.15) is 64.9 Å². The van der Waals surface area contributed by atoms with Gasteiger partial charge >= 0.3 is 0 Å². The number of rotatable bonds is 9. The maximum absolute atomic E-state index is 14.0. The highest BCUT2D eigenvalue weighted by Crippen LogP contribution is 2.41. The number of likely N-dealkylation sites (tertiary alicyclic amines) is 2. The predicted octanol–water partition coefficient (Wildman–Crippen LogP) is 5.03. The van der Waals surface area contributed by atoms with Gasteiger partial charge in [0.2, 0.25) is 0 Å². The molecule has 2 N–H and O–H groups in total. The van der Waals surface area contributed by atoms with Crippen molar-refractivity contribution in [3.05, 3.63) is 71.7 Å². The van der Waals surface area contributed by atoms with E-state index in [2.05, 4.69) is 31.2 Å². The minimum atomic E-state index is -0.00802. The summed E-state index contributed by atoms with van der Waals surface area (Å²) in [6.07, 6.45) is 11.4. The number of piperidine rings is 2. The fraction of sp³-hybridized carbons (Fsp3) is 0.450. The van der Waals surface area contributed by atoms with Gasteiger partial charge in [0, 0.05) is 87.0 Å². The molecule has 5 aromatic rings. The molecule has 2 bridgehead atoms. The Labute approximate surface area is 302 Å². The largest absolute Gasteiger partial charge is 0.494 e. The van der Waals surface area contributed by atoms with Crippen molar-refractivity contribution in [2.75, 3.05) is 33.8 Å². The minimum absolute atomic E-state index is 0.00802. The molecule has 6 heterocycles. The highest BCUT2D eigenvalue weighted by atomic mass is 16.5. The van der Waals surface area contributed by atoms with E-state index < -0.39 is 0 Å². The van der Waals surface area contributed by atoms with Crippen LogP contribution in [0.25, 0.3) is 33.6 Å². The van der Waals surface area contributed by atoms with Crippen molar-refractivity contribution in [1.82, 2.24) is 33.9 Å². The summed E-state index contributed by atoms with van der Waals surface area (Å²) in [5, 5.41) is 1.08. The van der Waals surface area contributed by atoms with Gasteiger partial charge in [-0.1, -0.05) is 0 Å². The van der Waals surface area contributed by atoms with Crippen LogP contribution in [0.3, 0.4) is 0 Å². The molecule has 2 saturated carbocycles. The number of amides is 2. The van der Waals surface area contributed by atoms with E-state index in [4.69, 9.17) is 20.4 Å². The summed E-state index contributed by atoms with van der Waals surface area (Å²) in [5.41, 5.74) is 12.0. The summed E-state index contributed by atoms with van der Waals surface area (Å²) in [4.78, 5) is 49.9. The SMILES string of the molecule is C/N=C/c1cc(C(=O)N2CCC(Cn3c(-c4cc5cccnc5n4CC4CC4)nc4cc(C(=O)N5CC6CCC5[C@@H]6N)cc(OC)c43)CC2)ccn1. The molecule has 52 heavy (non-hydrogen) atoms. The maximum atomic E-state index is 14.0. The first-order chi connectivity index (χ1) is 25.4. The Morgan fingerprint density at radius 2 is 1.73 bits per heavy atom. The van der Waals surface area contributed by atoms with Gasteiger partial charge < -0.3 is 29.4 Å². The lowest BCUT2D eigenvalue weighted by molar-refractivity contribution is 0.0680. The van der Waals surface area contributed by atoms with Gasteiger partial charge in [0.05, 0.1) is 24.0 Å². The Balaban J connectivity index is 1.08. The molecule has 0 radical (unpaired) electrons. The lowest BCUT2D eigenvalue weighted by Gasteiger charge is -2.32. The van der Waals surface area contributed by atoms with Crippen LogP contribution >= 0.6 is 0 Å². The van der Waals surface area contributed by atoms with Gasteiger partial charge in [-0.05, 0) is 98.7 Å². The van der Waals surface area contributed by atoms with Crippen molar-refractivity contribution in [1.29, 1.82) is 0 Å². The van der Waals surface area contributed by atoms with Gasteiger partial charge in [0.25, 0.3) is 11.8 Å². The Hall–Kier alpha value is -5.10. The highest BCUT2D eigenvalue weighted by molar-refractivity contribution is 6.00. The van der Waals surface area contributed by atoms with Crippen LogP contribution < -0.4 is 10.5 Å². The monoisotopic (exact) mass is 699 g/mol. The van der Waals surface area contributed by atoms with Crippen LogP contribution in [-0.4, -0.2) is 97.8 Å².